The lowest BCUT2D eigenvalue weighted by Gasteiger charge is -2.06. The number of rotatable bonds is 4. The molecule has 0 aliphatic carbocycles. The minimum atomic E-state index is -0.361. The van der Waals surface area contributed by atoms with Gasteiger partial charge in [-0.15, -0.1) is 0 Å². The molecule has 0 fully saturated rings. The Morgan fingerprint density at radius 1 is 1.29 bits per heavy atom. The van der Waals surface area contributed by atoms with E-state index < -0.39 is 0 Å². The van der Waals surface area contributed by atoms with Crippen LogP contribution < -0.4 is 5.73 Å². The van der Waals surface area contributed by atoms with Gasteiger partial charge in [0.05, 0.1) is 6.54 Å². The fraction of sp³-hybridized carbons (Fsp3) is 0.333. The Labute approximate surface area is 100 Å². The molecule has 2 N–H and O–H groups in total. The molecule has 0 saturated carbocycles. The summed E-state index contributed by atoms with van der Waals surface area (Å²) in [4.78, 5) is 6.26. The van der Waals surface area contributed by atoms with Crippen molar-refractivity contribution in [2.75, 3.05) is 14.1 Å². The van der Waals surface area contributed by atoms with Crippen LogP contribution in [0.3, 0.4) is 0 Å². The molecule has 2 rings (SSSR count). The van der Waals surface area contributed by atoms with Gasteiger partial charge >= 0.3 is 0 Å². The van der Waals surface area contributed by atoms with Crippen molar-refractivity contribution in [3.63, 3.8) is 0 Å². The number of aromatic nitrogens is 2. The van der Waals surface area contributed by atoms with E-state index >= 15 is 0 Å². The maximum absolute atomic E-state index is 6.05. The fourth-order valence-electron chi connectivity index (χ4n) is 1.54. The first-order valence-electron chi connectivity index (χ1n) is 5.44. The van der Waals surface area contributed by atoms with E-state index in [1.165, 1.54) is 0 Å². The van der Waals surface area contributed by atoms with E-state index in [-0.39, 0.29) is 6.04 Å². The number of hydrogen-bond donors (Lipinski definition) is 1. The minimum Gasteiger partial charge on any atom is -0.337 e. The first-order valence-corrected chi connectivity index (χ1v) is 5.44. The molecule has 1 unspecified atom stereocenters. The molecular formula is C12H16N4O. The highest BCUT2D eigenvalue weighted by Gasteiger charge is 2.16. The lowest BCUT2D eigenvalue weighted by molar-refractivity contribution is 0.343. The minimum absolute atomic E-state index is 0.361. The summed E-state index contributed by atoms with van der Waals surface area (Å²) in [5, 5.41) is 3.90. The molecule has 0 spiro atoms. The monoisotopic (exact) mass is 232 g/mol. The van der Waals surface area contributed by atoms with Crippen molar-refractivity contribution in [1.29, 1.82) is 0 Å². The van der Waals surface area contributed by atoms with Crippen LogP contribution in [0, 0.1) is 0 Å². The third kappa shape index (κ3) is 2.89. The van der Waals surface area contributed by atoms with Gasteiger partial charge in [0.15, 0.2) is 5.82 Å². The van der Waals surface area contributed by atoms with E-state index in [1.807, 2.05) is 49.3 Å². The molecule has 5 nitrogen and oxygen atoms in total. The molecule has 0 radical (unpaired) electrons. The van der Waals surface area contributed by atoms with Crippen molar-refractivity contribution >= 4 is 0 Å². The van der Waals surface area contributed by atoms with Gasteiger partial charge in [-0.25, -0.2) is 0 Å². The SMILES string of the molecule is CN(C)Cc1noc(C(N)c2ccccc2)n1. The average Bonchev–Trinajstić information content (AvgIpc) is 2.77. The molecule has 1 aromatic carbocycles. The summed E-state index contributed by atoms with van der Waals surface area (Å²) in [5.74, 6) is 1.10. The number of nitrogens with two attached hydrogens (primary N) is 1. The number of hydrogen-bond acceptors (Lipinski definition) is 5. The zero-order valence-corrected chi connectivity index (χ0v) is 10.00. The molecule has 0 aliphatic rings. The highest BCUT2D eigenvalue weighted by atomic mass is 16.5. The van der Waals surface area contributed by atoms with Gasteiger partial charge in [-0.2, -0.15) is 4.98 Å². The lowest BCUT2D eigenvalue weighted by Crippen LogP contribution is -2.14. The first kappa shape index (κ1) is 11.8. The molecule has 1 heterocycles. The molecule has 0 amide bonds. The van der Waals surface area contributed by atoms with Crippen molar-refractivity contribution in [3.8, 4) is 0 Å². The van der Waals surface area contributed by atoms with Gasteiger partial charge in [0, 0.05) is 0 Å². The summed E-state index contributed by atoms with van der Waals surface area (Å²) in [6.07, 6.45) is 0. The molecule has 17 heavy (non-hydrogen) atoms. The van der Waals surface area contributed by atoms with Gasteiger partial charge in [-0.3, -0.25) is 0 Å². The normalized spacial score (nSPS) is 12.9. The van der Waals surface area contributed by atoms with E-state index in [1.54, 1.807) is 0 Å². The molecule has 2 aromatic rings. The van der Waals surface area contributed by atoms with Crippen LogP contribution in [0.1, 0.15) is 23.3 Å². The molecule has 1 aromatic heterocycles. The topological polar surface area (TPSA) is 68.2 Å². The van der Waals surface area contributed by atoms with Crippen molar-refractivity contribution in [2.45, 2.75) is 12.6 Å². The van der Waals surface area contributed by atoms with Crippen LogP contribution in [-0.4, -0.2) is 29.1 Å². The molecule has 5 heteroatoms. The van der Waals surface area contributed by atoms with Crippen LogP contribution in [0.15, 0.2) is 34.9 Å². The quantitative estimate of drug-likeness (QED) is 0.857. The molecule has 0 aliphatic heterocycles. The third-order valence-corrected chi connectivity index (χ3v) is 2.37. The standard InChI is InChI=1S/C12H16N4O/c1-16(2)8-10-14-12(17-15-10)11(13)9-6-4-3-5-7-9/h3-7,11H,8,13H2,1-2H3. The second kappa shape index (κ2) is 5.07. The predicted octanol–water partition coefficient (Wildman–Crippen LogP) is 1.18. The summed E-state index contributed by atoms with van der Waals surface area (Å²) < 4.78 is 5.17. The number of nitrogens with zero attached hydrogens (tertiary/aromatic N) is 3. The van der Waals surface area contributed by atoms with Crippen LogP contribution in [0.5, 0.6) is 0 Å². The zero-order chi connectivity index (χ0) is 12.3. The van der Waals surface area contributed by atoms with Gasteiger partial charge < -0.3 is 15.2 Å². The van der Waals surface area contributed by atoms with Crippen molar-refractivity contribution < 1.29 is 4.52 Å². The van der Waals surface area contributed by atoms with E-state index in [9.17, 15) is 0 Å². The van der Waals surface area contributed by atoms with Gasteiger partial charge in [0.2, 0.25) is 5.89 Å². The van der Waals surface area contributed by atoms with Crippen LogP contribution in [0.25, 0.3) is 0 Å². The summed E-state index contributed by atoms with van der Waals surface area (Å²) in [7, 11) is 3.90. The van der Waals surface area contributed by atoms with Crippen LogP contribution in [0.2, 0.25) is 0 Å². The summed E-state index contributed by atoms with van der Waals surface area (Å²) >= 11 is 0. The largest absolute Gasteiger partial charge is 0.337 e. The summed E-state index contributed by atoms with van der Waals surface area (Å²) in [6.45, 7) is 0.644. The Bertz CT molecular complexity index is 466. The molecule has 90 valence electrons. The molecule has 1 atom stereocenters. The second-order valence-corrected chi connectivity index (χ2v) is 4.17. The third-order valence-electron chi connectivity index (χ3n) is 2.37. The Kier molecular flexibility index (Phi) is 3.51. The first-order chi connectivity index (χ1) is 8.16. The van der Waals surface area contributed by atoms with Crippen molar-refractivity contribution in [1.82, 2.24) is 15.0 Å². The van der Waals surface area contributed by atoms with E-state index in [0.29, 0.717) is 18.3 Å². The Morgan fingerprint density at radius 3 is 2.65 bits per heavy atom. The highest BCUT2D eigenvalue weighted by molar-refractivity contribution is 5.22. The highest BCUT2D eigenvalue weighted by Crippen LogP contribution is 2.17. The van der Waals surface area contributed by atoms with Gasteiger partial charge in [0.1, 0.15) is 6.04 Å². The molecular weight excluding hydrogens is 216 g/mol. The maximum Gasteiger partial charge on any atom is 0.248 e. The van der Waals surface area contributed by atoms with E-state index in [0.717, 1.165) is 5.56 Å². The summed E-state index contributed by atoms with van der Waals surface area (Å²) in [5.41, 5.74) is 7.02. The Balaban J connectivity index is 2.15. The predicted molar refractivity (Wildman–Crippen MR) is 64.2 cm³/mol. The van der Waals surface area contributed by atoms with Gasteiger partial charge in [-0.05, 0) is 19.7 Å². The van der Waals surface area contributed by atoms with Crippen LogP contribution in [-0.2, 0) is 6.54 Å². The maximum atomic E-state index is 6.05. The molecule has 0 saturated heterocycles. The van der Waals surface area contributed by atoms with E-state index in [4.69, 9.17) is 10.3 Å². The van der Waals surface area contributed by atoms with Crippen LogP contribution >= 0.6 is 0 Å². The van der Waals surface area contributed by atoms with Crippen molar-refractivity contribution in [2.24, 2.45) is 5.73 Å². The Morgan fingerprint density at radius 2 is 2.00 bits per heavy atom. The fourth-order valence-corrected chi connectivity index (χ4v) is 1.54. The smallest absolute Gasteiger partial charge is 0.248 e. The Hall–Kier alpha value is -1.72. The second-order valence-electron chi connectivity index (χ2n) is 4.17. The average molecular weight is 232 g/mol. The zero-order valence-electron chi connectivity index (χ0n) is 10.00. The number of benzene rings is 1. The lowest BCUT2D eigenvalue weighted by atomic mass is 10.1. The van der Waals surface area contributed by atoms with E-state index in [2.05, 4.69) is 10.1 Å². The van der Waals surface area contributed by atoms with Crippen LogP contribution in [0.4, 0.5) is 0 Å². The van der Waals surface area contributed by atoms with Crippen molar-refractivity contribution in [3.05, 3.63) is 47.6 Å². The van der Waals surface area contributed by atoms with Gasteiger partial charge in [-0.1, -0.05) is 35.5 Å². The molecule has 0 bridgehead atoms. The summed E-state index contributed by atoms with van der Waals surface area (Å²) in [6, 6.07) is 9.35. The van der Waals surface area contributed by atoms with Gasteiger partial charge in [0.25, 0.3) is 0 Å².